The third kappa shape index (κ3) is 3.94. The molecule has 4 heteroatoms. The van der Waals surface area contributed by atoms with Crippen LogP contribution in [0.25, 0.3) is 0 Å². The lowest BCUT2D eigenvalue weighted by atomic mass is 10.0. The summed E-state index contributed by atoms with van der Waals surface area (Å²) in [5.74, 6) is 0.951. The first kappa shape index (κ1) is 16.1. The fraction of sp³-hybridized carbons (Fsp3) is 0.316. The van der Waals surface area contributed by atoms with Crippen LogP contribution in [-0.4, -0.2) is 13.0 Å². The number of halogens is 1. The van der Waals surface area contributed by atoms with Crippen molar-refractivity contribution in [3.8, 4) is 5.75 Å². The molecule has 1 saturated carbocycles. The number of nitrogens with one attached hydrogen (secondary N) is 1. The van der Waals surface area contributed by atoms with Gasteiger partial charge in [-0.25, -0.2) is 0 Å². The molecule has 2 aromatic carbocycles. The van der Waals surface area contributed by atoms with Crippen molar-refractivity contribution >= 4 is 21.8 Å². The van der Waals surface area contributed by atoms with E-state index in [2.05, 4.69) is 33.4 Å². The molecule has 0 atom stereocenters. The first-order chi connectivity index (χ1) is 11.1. The molecule has 0 aliphatic heterocycles. The standard InChI is InChI=1S/C19H20BrNO2/c1-23-17-9-2-14(3-10-17)4-11-18(22)21-19(12-13-19)15-5-7-16(20)8-6-15/h2-3,5-10H,4,11-13H2,1H3,(H,21,22). The Kier molecular flexibility index (Phi) is 4.71. The third-order valence-corrected chi connectivity index (χ3v) is 4.85. The van der Waals surface area contributed by atoms with Crippen LogP contribution in [0.5, 0.6) is 5.75 Å². The molecule has 3 nitrogen and oxygen atoms in total. The maximum absolute atomic E-state index is 12.3. The number of rotatable bonds is 6. The summed E-state index contributed by atoms with van der Waals surface area (Å²) in [4.78, 5) is 12.3. The van der Waals surface area contributed by atoms with Crippen LogP contribution < -0.4 is 10.1 Å². The van der Waals surface area contributed by atoms with Gasteiger partial charge in [-0.2, -0.15) is 0 Å². The highest BCUT2D eigenvalue weighted by Gasteiger charge is 2.45. The van der Waals surface area contributed by atoms with Crippen molar-refractivity contribution in [2.24, 2.45) is 0 Å². The lowest BCUT2D eigenvalue weighted by Gasteiger charge is -2.18. The molecule has 0 unspecified atom stereocenters. The van der Waals surface area contributed by atoms with Gasteiger partial charge in [0.1, 0.15) is 5.75 Å². The minimum atomic E-state index is -0.141. The monoisotopic (exact) mass is 373 g/mol. The fourth-order valence-corrected chi connectivity index (χ4v) is 3.02. The molecular formula is C19H20BrNO2. The van der Waals surface area contributed by atoms with Crippen LogP contribution in [0.1, 0.15) is 30.4 Å². The van der Waals surface area contributed by atoms with E-state index in [9.17, 15) is 4.79 Å². The second-order valence-electron chi connectivity index (χ2n) is 5.99. The zero-order valence-corrected chi connectivity index (χ0v) is 14.7. The molecule has 1 amide bonds. The van der Waals surface area contributed by atoms with Gasteiger partial charge < -0.3 is 10.1 Å². The normalized spacial score (nSPS) is 15.0. The van der Waals surface area contributed by atoms with Gasteiger partial charge >= 0.3 is 0 Å². The van der Waals surface area contributed by atoms with Gasteiger partial charge in [-0.3, -0.25) is 4.79 Å². The molecule has 1 aliphatic rings. The number of benzene rings is 2. The number of carbonyl (C=O) groups is 1. The Labute approximate surface area is 145 Å². The number of methoxy groups -OCH3 is 1. The number of ether oxygens (including phenoxy) is 1. The second-order valence-corrected chi connectivity index (χ2v) is 6.90. The minimum Gasteiger partial charge on any atom is -0.497 e. The molecule has 3 rings (SSSR count). The Morgan fingerprint density at radius 3 is 2.35 bits per heavy atom. The van der Waals surface area contributed by atoms with E-state index in [1.54, 1.807) is 7.11 Å². The molecule has 23 heavy (non-hydrogen) atoms. The predicted octanol–water partition coefficient (Wildman–Crippen LogP) is 4.20. The van der Waals surface area contributed by atoms with E-state index >= 15 is 0 Å². The van der Waals surface area contributed by atoms with Crippen LogP contribution in [0.2, 0.25) is 0 Å². The summed E-state index contributed by atoms with van der Waals surface area (Å²) >= 11 is 3.45. The molecule has 0 aromatic heterocycles. The Morgan fingerprint density at radius 2 is 1.78 bits per heavy atom. The molecule has 1 fully saturated rings. The number of amides is 1. The highest BCUT2D eigenvalue weighted by Crippen LogP contribution is 2.45. The zero-order valence-electron chi connectivity index (χ0n) is 13.1. The lowest BCUT2D eigenvalue weighted by molar-refractivity contribution is -0.122. The predicted molar refractivity (Wildman–Crippen MR) is 94.5 cm³/mol. The third-order valence-electron chi connectivity index (χ3n) is 4.33. The van der Waals surface area contributed by atoms with E-state index in [4.69, 9.17) is 4.74 Å². The summed E-state index contributed by atoms with van der Waals surface area (Å²) in [7, 11) is 1.65. The van der Waals surface area contributed by atoms with Crippen LogP contribution in [0.15, 0.2) is 53.0 Å². The van der Waals surface area contributed by atoms with Crippen LogP contribution in [0.4, 0.5) is 0 Å². The topological polar surface area (TPSA) is 38.3 Å². The van der Waals surface area contributed by atoms with Crippen LogP contribution in [-0.2, 0) is 16.8 Å². The summed E-state index contributed by atoms with van der Waals surface area (Å²) < 4.78 is 6.20. The van der Waals surface area contributed by atoms with Gasteiger partial charge in [0.25, 0.3) is 0 Å². The summed E-state index contributed by atoms with van der Waals surface area (Å²) in [6, 6.07) is 16.1. The Balaban J connectivity index is 1.55. The van der Waals surface area contributed by atoms with Gasteiger partial charge in [-0.05, 0) is 54.7 Å². The van der Waals surface area contributed by atoms with E-state index in [0.717, 1.165) is 35.0 Å². The Bertz CT molecular complexity index is 676. The quantitative estimate of drug-likeness (QED) is 0.823. The summed E-state index contributed by atoms with van der Waals surface area (Å²) in [6.07, 6.45) is 3.28. The van der Waals surface area contributed by atoms with Crippen molar-refractivity contribution in [1.82, 2.24) is 5.32 Å². The summed E-state index contributed by atoms with van der Waals surface area (Å²) in [5, 5.41) is 3.22. The first-order valence-electron chi connectivity index (χ1n) is 7.81. The molecular weight excluding hydrogens is 354 g/mol. The van der Waals surface area contributed by atoms with Crippen LogP contribution >= 0.6 is 15.9 Å². The van der Waals surface area contributed by atoms with Gasteiger partial charge in [0.05, 0.1) is 12.6 Å². The zero-order chi connectivity index (χ0) is 16.3. The van der Waals surface area contributed by atoms with Crippen molar-refractivity contribution in [1.29, 1.82) is 0 Å². The van der Waals surface area contributed by atoms with Crippen molar-refractivity contribution in [3.63, 3.8) is 0 Å². The molecule has 0 spiro atoms. The van der Waals surface area contributed by atoms with Gasteiger partial charge in [0, 0.05) is 10.9 Å². The molecule has 0 heterocycles. The number of hydrogen-bond donors (Lipinski definition) is 1. The number of carbonyl (C=O) groups excluding carboxylic acids is 1. The highest BCUT2D eigenvalue weighted by molar-refractivity contribution is 9.10. The van der Waals surface area contributed by atoms with Gasteiger partial charge in [0.2, 0.25) is 5.91 Å². The molecule has 0 bridgehead atoms. The van der Waals surface area contributed by atoms with Gasteiger partial charge in [-0.15, -0.1) is 0 Å². The fourth-order valence-electron chi connectivity index (χ4n) is 2.76. The second kappa shape index (κ2) is 6.75. The van der Waals surface area contributed by atoms with Crippen LogP contribution in [0, 0.1) is 0 Å². The van der Waals surface area contributed by atoms with Crippen LogP contribution in [0.3, 0.4) is 0 Å². The smallest absolute Gasteiger partial charge is 0.221 e. The molecule has 1 N–H and O–H groups in total. The molecule has 0 saturated heterocycles. The lowest BCUT2D eigenvalue weighted by Crippen LogP contribution is -2.34. The molecule has 2 aromatic rings. The van der Waals surface area contributed by atoms with Crippen molar-refractivity contribution in [2.75, 3.05) is 7.11 Å². The first-order valence-corrected chi connectivity index (χ1v) is 8.61. The average molecular weight is 374 g/mol. The maximum Gasteiger partial charge on any atom is 0.221 e. The molecule has 1 aliphatic carbocycles. The van der Waals surface area contributed by atoms with Gasteiger partial charge in [-0.1, -0.05) is 40.2 Å². The van der Waals surface area contributed by atoms with E-state index in [1.165, 1.54) is 5.56 Å². The number of aryl methyl sites for hydroxylation is 1. The Morgan fingerprint density at radius 1 is 1.13 bits per heavy atom. The van der Waals surface area contributed by atoms with Crippen molar-refractivity contribution in [2.45, 2.75) is 31.2 Å². The highest BCUT2D eigenvalue weighted by atomic mass is 79.9. The van der Waals surface area contributed by atoms with E-state index in [-0.39, 0.29) is 11.4 Å². The van der Waals surface area contributed by atoms with E-state index < -0.39 is 0 Å². The number of hydrogen-bond acceptors (Lipinski definition) is 2. The minimum absolute atomic E-state index is 0.112. The average Bonchev–Trinajstić information content (AvgIpc) is 3.34. The SMILES string of the molecule is COc1ccc(CCC(=O)NC2(c3ccc(Br)cc3)CC2)cc1. The molecule has 0 radical (unpaired) electrons. The largest absolute Gasteiger partial charge is 0.497 e. The molecule has 120 valence electrons. The van der Waals surface area contributed by atoms with Gasteiger partial charge in [0.15, 0.2) is 0 Å². The van der Waals surface area contributed by atoms with E-state index in [0.29, 0.717) is 6.42 Å². The summed E-state index contributed by atoms with van der Waals surface area (Å²) in [6.45, 7) is 0. The van der Waals surface area contributed by atoms with Crippen molar-refractivity contribution < 1.29 is 9.53 Å². The maximum atomic E-state index is 12.3. The van der Waals surface area contributed by atoms with E-state index in [1.807, 2.05) is 36.4 Å². The van der Waals surface area contributed by atoms with Crippen molar-refractivity contribution in [3.05, 3.63) is 64.1 Å². The summed E-state index contributed by atoms with van der Waals surface area (Å²) in [5.41, 5.74) is 2.20. The Hall–Kier alpha value is -1.81.